The Hall–Kier alpha value is -1.84. The van der Waals surface area contributed by atoms with Gasteiger partial charge in [-0.2, -0.15) is 0 Å². The molecule has 1 spiro atoms. The van der Waals surface area contributed by atoms with Crippen LogP contribution >= 0.6 is 0 Å². The van der Waals surface area contributed by atoms with E-state index in [9.17, 15) is 9.59 Å². The van der Waals surface area contributed by atoms with Gasteiger partial charge in [0.25, 0.3) is 5.91 Å². The zero-order valence-electron chi connectivity index (χ0n) is 12.0. The van der Waals surface area contributed by atoms with Gasteiger partial charge in [-0.1, -0.05) is 18.2 Å². The van der Waals surface area contributed by atoms with Crippen molar-refractivity contribution in [3.8, 4) is 0 Å². The van der Waals surface area contributed by atoms with Crippen molar-refractivity contribution < 1.29 is 9.59 Å². The minimum absolute atomic E-state index is 0.0931. The third-order valence-corrected chi connectivity index (χ3v) is 5.53. The molecule has 3 atom stereocenters. The summed E-state index contributed by atoms with van der Waals surface area (Å²) >= 11 is 0. The molecule has 0 aromatic heterocycles. The molecule has 3 aliphatic rings. The average molecular weight is 284 g/mol. The first-order valence-corrected chi connectivity index (χ1v) is 7.88. The molecule has 0 unspecified atom stereocenters. The van der Waals surface area contributed by atoms with E-state index in [1.165, 1.54) is 0 Å². The number of hydrogen-bond acceptors (Lipinski definition) is 2. The first-order chi connectivity index (χ1) is 10.2. The average Bonchev–Trinajstić information content (AvgIpc) is 3.07. The number of nitrogens with one attached hydrogen (secondary N) is 1. The lowest BCUT2D eigenvalue weighted by atomic mass is 9.68. The molecule has 2 bridgehead atoms. The molecule has 1 aromatic carbocycles. The minimum atomic E-state index is -0.314. The van der Waals surface area contributed by atoms with Gasteiger partial charge in [0, 0.05) is 24.2 Å². The number of nitrogens with zero attached hydrogens (tertiary/aromatic N) is 1. The first-order valence-electron chi connectivity index (χ1n) is 7.88. The molecule has 0 saturated carbocycles. The van der Waals surface area contributed by atoms with Crippen molar-refractivity contribution in [1.82, 2.24) is 10.2 Å². The smallest absolute Gasteiger partial charge is 0.254 e. The van der Waals surface area contributed by atoms with Crippen LogP contribution in [0.1, 0.15) is 42.5 Å². The Morgan fingerprint density at radius 3 is 2.81 bits per heavy atom. The summed E-state index contributed by atoms with van der Waals surface area (Å²) in [6.45, 7) is 0.782. The Morgan fingerprint density at radius 1 is 1.24 bits per heavy atom. The summed E-state index contributed by atoms with van der Waals surface area (Å²) in [4.78, 5) is 27.3. The predicted octanol–water partition coefficient (Wildman–Crippen LogP) is 1.96. The summed E-state index contributed by atoms with van der Waals surface area (Å²) in [7, 11) is 0. The molecule has 1 N–H and O–H groups in total. The summed E-state index contributed by atoms with van der Waals surface area (Å²) in [5.74, 6) is 0.269. The first kappa shape index (κ1) is 12.9. The maximum absolute atomic E-state index is 12.8. The van der Waals surface area contributed by atoms with E-state index in [0.717, 1.165) is 44.2 Å². The van der Waals surface area contributed by atoms with Gasteiger partial charge in [-0.05, 0) is 44.2 Å². The highest BCUT2D eigenvalue weighted by Gasteiger charge is 2.61. The molecule has 3 heterocycles. The molecule has 4 rings (SSSR count). The molecule has 4 nitrogen and oxygen atoms in total. The van der Waals surface area contributed by atoms with Gasteiger partial charge < -0.3 is 10.2 Å². The summed E-state index contributed by atoms with van der Waals surface area (Å²) in [5.41, 5.74) is 0.425. The van der Waals surface area contributed by atoms with Crippen molar-refractivity contribution in [3.05, 3.63) is 35.9 Å². The van der Waals surface area contributed by atoms with Crippen LogP contribution in [0.4, 0.5) is 0 Å². The maximum Gasteiger partial charge on any atom is 0.254 e. The van der Waals surface area contributed by atoms with Gasteiger partial charge in [0.05, 0.1) is 5.41 Å². The van der Waals surface area contributed by atoms with E-state index in [2.05, 4.69) is 5.32 Å². The third kappa shape index (κ3) is 1.74. The lowest BCUT2D eigenvalue weighted by molar-refractivity contribution is -0.135. The molecule has 3 aliphatic heterocycles. The van der Waals surface area contributed by atoms with E-state index in [1.54, 1.807) is 0 Å². The fraction of sp³-hybridized carbons (Fsp3) is 0.529. The van der Waals surface area contributed by atoms with E-state index in [-0.39, 0.29) is 29.3 Å². The highest BCUT2D eigenvalue weighted by molar-refractivity contribution is 5.96. The summed E-state index contributed by atoms with van der Waals surface area (Å²) < 4.78 is 0. The van der Waals surface area contributed by atoms with Crippen molar-refractivity contribution in [2.45, 2.75) is 44.2 Å². The van der Waals surface area contributed by atoms with Gasteiger partial charge >= 0.3 is 0 Å². The van der Waals surface area contributed by atoms with Gasteiger partial charge in [-0.25, -0.2) is 0 Å². The molecule has 110 valence electrons. The summed E-state index contributed by atoms with van der Waals surface area (Å²) in [5, 5.41) is 3.02. The largest absolute Gasteiger partial charge is 0.356 e. The second-order valence-corrected chi connectivity index (χ2v) is 6.55. The van der Waals surface area contributed by atoms with Crippen molar-refractivity contribution >= 4 is 11.8 Å². The van der Waals surface area contributed by atoms with Crippen LogP contribution in [0.5, 0.6) is 0 Å². The maximum atomic E-state index is 12.8. The van der Waals surface area contributed by atoms with E-state index in [4.69, 9.17) is 0 Å². The van der Waals surface area contributed by atoms with E-state index < -0.39 is 0 Å². The standard InChI is InChI=1S/C17H20N2O2/c20-15(12-5-2-1-3-6-12)19-13-7-8-14(19)17(11-13)9-4-10-18-16(17)21/h1-3,5-6,13-14H,4,7-11H2,(H,18,21)/t13-,14-,17-/m0/s1. The van der Waals surface area contributed by atoms with Crippen molar-refractivity contribution in [1.29, 1.82) is 0 Å². The van der Waals surface area contributed by atoms with Crippen LogP contribution in [0, 0.1) is 5.41 Å². The van der Waals surface area contributed by atoms with E-state index in [0.29, 0.717) is 0 Å². The zero-order chi connectivity index (χ0) is 14.4. The minimum Gasteiger partial charge on any atom is -0.356 e. The fourth-order valence-electron chi connectivity index (χ4n) is 4.63. The molecule has 1 aromatic rings. The molecule has 3 fully saturated rings. The highest BCUT2D eigenvalue weighted by atomic mass is 16.2. The Balaban J connectivity index is 1.66. The Morgan fingerprint density at radius 2 is 2.05 bits per heavy atom. The summed E-state index contributed by atoms with van der Waals surface area (Å²) in [6, 6.07) is 9.79. The molecule has 21 heavy (non-hydrogen) atoms. The molecule has 0 aliphatic carbocycles. The van der Waals surface area contributed by atoms with Crippen LogP contribution in [-0.2, 0) is 4.79 Å². The fourth-order valence-corrected chi connectivity index (χ4v) is 4.63. The number of rotatable bonds is 1. The van der Waals surface area contributed by atoms with Gasteiger partial charge in [0.15, 0.2) is 0 Å². The number of amides is 2. The van der Waals surface area contributed by atoms with Crippen LogP contribution in [0.15, 0.2) is 30.3 Å². The predicted molar refractivity (Wildman–Crippen MR) is 78.7 cm³/mol. The molecular weight excluding hydrogens is 264 g/mol. The number of carbonyl (C=O) groups excluding carboxylic acids is 2. The third-order valence-electron chi connectivity index (χ3n) is 5.53. The molecule has 3 saturated heterocycles. The van der Waals surface area contributed by atoms with Crippen LogP contribution in [-0.4, -0.2) is 35.3 Å². The molecular formula is C17H20N2O2. The lowest BCUT2D eigenvalue weighted by Gasteiger charge is -2.39. The molecule has 4 heteroatoms. The second-order valence-electron chi connectivity index (χ2n) is 6.55. The van der Waals surface area contributed by atoms with Gasteiger partial charge in [0.1, 0.15) is 0 Å². The molecule has 0 radical (unpaired) electrons. The number of fused-ring (bicyclic) bond motifs is 3. The number of benzene rings is 1. The van der Waals surface area contributed by atoms with Crippen LogP contribution < -0.4 is 5.32 Å². The van der Waals surface area contributed by atoms with Crippen molar-refractivity contribution in [3.63, 3.8) is 0 Å². The van der Waals surface area contributed by atoms with Crippen LogP contribution in [0.3, 0.4) is 0 Å². The Labute approximate surface area is 124 Å². The zero-order valence-corrected chi connectivity index (χ0v) is 12.0. The van der Waals surface area contributed by atoms with Crippen LogP contribution in [0.2, 0.25) is 0 Å². The van der Waals surface area contributed by atoms with Crippen molar-refractivity contribution in [2.75, 3.05) is 6.54 Å². The van der Waals surface area contributed by atoms with Gasteiger partial charge in [-0.15, -0.1) is 0 Å². The van der Waals surface area contributed by atoms with E-state index in [1.807, 2.05) is 35.2 Å². The number of hydrogen-bond donors (Lipinski definition) is 1. The van der Waals surface area contributed by atoms with Crippen LogP contribution in [0.25, 0.3) is 0 Å². The van der Waals surface area contributed by atoms with Gasteiger partial charge in [0.2, 0.25) is 5.91 Å². The normalized spacial score (nSPS) is 34.3. The number of piperidine rings is 1. The Kier molecular flexibility index (Phi) is 2.81. The number of carbonyl (C=O) groups is 2. The lowest BCUT2D eigenvalue weighted by Crippen LogP contribution is -2.53. The van der Waals surface area contributed by atoms with Crippen molar-refractivity contribution in [2.24, 2.45) is 5.41 Å². The van der Waals surface area contributed by atoms with Gasteiger partial charge in [-0.3, -0.25) is 9.59 Å². The quantitative estimate of drug-likeness (QED) is 0.857. The topological polar surface area (TPSA) is 49.4 Å². The highest BCUT2D eigenvalue weighted by Crippen LogP contribution is 2.53. The Bertz CT molecular complexity index is 586. The monoisotopic (exact) mass is 284 g/mol. The molecule has 2 amide bonds. The second kappa shape index (κ2) is 4.58. The SMILES string of the molecule is O=C(c1ccccc1)N1[C@H]2CC[C@H]1[C@]1(CCCNC1=O)C2. The van der Waals surface area contributed by atoms with E-state index >= 15 is 0 Å². The summed E-state index contributed by atoms with van der Waals surface area (Å²) in [6.07, 6.45) is 4.82.